The molecule has 0 saturated carbocycles. The van der Waals surface area contributed by atoms with Gasteiger partial charge in [0.05, 0.1) is 17.9 Å². The smallest absolute Gasteiger partial charge is 0.254 e. The molecule has 2 aromatic carbocycles. The summed E-state index contributed by atoms with van der Waals surface area (Å²) in [6.07, 6.45) is 0.417. The number of rotatable bonds is 3. The first-order valence-corrected chi connectivity index (χ1v) is 9.61. The van der Waals surface area contributed by atoms with Gasteiger partial charge in [0.2, 0.25) is 0 Å². The summed E-state index contributed by atoms with van der Waals surface area (Å²) >= 11 is 0. The number of nitrogens with zero attached hydrogens (tertiary/aromatic N) is 3. The Hall–Kier alpha value is -3.62. The molecule has 2 amide bonds. The van der Waals surface area contributed by atoms with Gasteiger partial charge >= 0.3 is 0 Å². The Morgan fingerprint density at radius 1 is 1.06 bits per heavy atom. The number of hydrogen-bond donors (Lipinski definition) is 1. The number of amides is 2. The zero-order valence-corrected chi connectivity index (χ0v) is 16.9. The number of halogens is 3. The number of nitrogens with one attached hydrogen (secondary N) is 1. The number of aryl methyl sites for hydroxylation is 1. The molecule has 6 nitrogen and oxygen atoms in total. The first-order valence-electron chi connectivity index (χ1n) is 9.61. The summed E-state index contributed by atoms with van der Waals surface area (Å²) in [5.41, 5.74) is 2.79. The second-order valence-corrected chi connectivity index (χ2v) is 7.29. The third-order valence-electron chi connectivity index (χ3n) is 5.34. The van der Waals surface area contributed by atoms with Crippen molar-refractivity contribution in [2.45, 2.75) is 13.0 Å². The highest BCUT2D eigenvalue weighted by Crippen LogP contribution is 2.32. The fourth-order valence-corrected chi connectivity index (χ4v) is 3.87. The molecule has 3 aromatic rings. The SMILES string of the molecule is CNC(=O)c1cccc(C(=O)N2CCc3c(nn(C)c3-c3cc(F)c(F)c(F)c3)C2)c1. The van der Waals surface area contributed by atoms with E-state index in [2.05, 4.69) is 10.4 Å². The second-order valence-electron chi connectivity index (χ2n) is 7.29. The van der Waals surface area contributed by atoms with E-state index in [9.17, 15) is 22.8 Å². The van der Waals surface area contributed by atoms with Crippen LogP contribution in [-0.4, -0.2) is 40.1 Å². The normalized spacial score (nSPS) is 13.1. The highest BCUT2D eigenvalue weighted by Gasteiger charge is 2.28. The summed E-state index contributed by atoms with van der Waals surface area (Å²) in [5.74, 6) is -4.59. The molecule has 0 radical (unpaired) electrons. The van der Waals surface area contributed by atoms with Crippen molar-refractivity contribution in [2.24, 2.45) is 7.05 Å². The summed E-state index contributed by atoms with van der Waals surface area (Å²) in [5, 5.41) is 6.94. The molecule has 1 aliphatic heterocycles. The van der Waals surface area contributed by atoms with Gasteiger partial charge in [-0.3, -0.25) is 14.3 Å². The van der Waals surface area contributed by atoms with Crippen LogP contribution in [0, 0.1) is 17.5 Å². The van der Waals surface area contributed by atoms with Crippen molar-refractivity contribution >= 4 is 11.8 Å². The predicted octanol–water partition coefficient (Wildman–Crippen LogP) is 3.06. The maximum atomic E-state index is 13.7. The van der Waals surface area contributed by atoms with E-state index < -0.39 is 17.5 Å². The zero-order valence-electron chi connectivity index (χ0n) is 16.9. The molecule has 1 aromatic heterocycles. The Bertz CT molecular complexity index is 1180. The Kier molecular flexibility index (Phi) is 5.26. The summed E-state index contributed by atoms with van der Waals surface area (Å²) in [6.45, 7) is 0.569. The lowest BCUT2D eigenvalue weighted by Gasteiger charge is -2.27. The fraction of sp³-hybridized carbons (Fsp3) is 0.227. The zero-order chi connectivity index (χ0) is 22.3. The minimum Gasteiger partial charge on any atom is -0.355 e. The van der Waals surface area contributed by atoms with Gasteiger partial charge in [0, 0.05) is 42.9 Å². The third kappa shape index (κ3) is 3.67. The van der Waals surface area contributed by atoms with Crippen LogP contribution in [-0.2, 0) is 20.0 Å². The van der Waals surface area contributed by atoms with Gasteiger partial charge in [-0.1, -0.05) is 6.07 Å². The van der Waals surface area contributed by atoms with Gasteiger partial charge in [-0.25, -0.2) is 13.2 Å². The highest BCUT2D eigenvalue weighted by molar-refractivity contribution is 5.99. The van der Waals surface area contributed by atoms with Crippen LogP contribution in [0.4, 0.5) is 13.2 Å². The number of carbonyl (C=O) groups is 2. The largest absolute Gasteiger partial charge is 0.355 e. The molecule has 4 rings (SSSR count). The molecular formula is C22H19F3N4O2. The van der Waals surface area contributed by atoms with E-state index in [4.69, 9.17) is 0 Å². The fourth-order valence-electron chi connectivity index (χ4n) is 3.87. The van der Waals surface area contributed by atoms with E-state index in [0.717, 1.165) is 17.7 Å². The average Bonchev–Trinajstić information content (AvgIpc) is 3.10. The Morgan fingerprint density at radius 3 is 2.42 bits per heavy atom. The van der Waals surface area contributed by atoms with E-state index in [1.54, 1.807) is 30.1 Å². The molecule has 0 unspecified atom stereocenters. The van der Waals surface area contributed by atoms with Crippen LogP contribution in [0.25, 0.3) is 11.3 Å². The Morgan fingerprint density at radius 2 is 1.74 bits per heavy atom. The number of carbonyl (C=O) groups excluding carboxylic acids is 2. The minimum absolute atomic E-state index is 0.186. The van der Waals surface area contributed by atoms with Crippen molar-refractivity contribution in [1.82, 2.24) is 20.0 Å². The van der Waals surface area contributed by atoms with Crippen LogP contribution >= 0.6 is 0 Å². The minimum atomic E-state index is -1.52. The van der Waals surface area contributed by atoms with Gasteiger partial charge in [0.25, 0.3) is 11.8 Å². The van der Waals surface area contributed by atoms with Crippen LogP contribution in [0.15, 0.2) is 36.4 Å². The Balaban J connectivity index is 1.63. The lowest BCUT2D eigenvalue weighted by atomic mass is 9.99. The van der Waals surface area contributed by atoms with Crippen molar-refractivity contribution < 1.29 is 22.8 Å². The van der Waals surface area contributed by atoms with Crippen molar-refractivity contribution in [1.29, 1.82) is 0 Å². The van der Waals surface area contributed by atoms with Gasteiger partial charge in [0.1, 0.15) is 0 Å². The topological polar surface area (TPSA) is 67.2 Å². The highest BCUT2D eigenvalue weighted by atomic mass is 19.2. The van der Waals surface area contributed by atoms with E-state index in [0.29, 0.717) is 35.5 Å². The molecule has 0 saturated heterocycles. The van der Waals surface area contributed by atoms with Crippen LogP contribution < -0.4 is 5.32 Å². The van der Waals surface area contributed by atoms with Crippen molar-refractivity contribution in [2.75, 3.05) is 13.6 Å². The monoisotopic (exact) mass is 428 g/mol. The first kappa shape index (κ1) is 20.6. The molecule has 0 aliphatic carbocycles. The molecule has 2 heterocycles. The van der Waals surface area contributed by atoms with Crippen LogP contribution in [0.3, 0.4) is 0 Å². The number of hydrogen-bond acceptors (Lipinski definition) is 3. The van der Waals surface area contributed by atoms with E-state index in [1.165, 1.54) is 17.8 Å². The summed E-state index contributed by atoms with van der Waals surface area (Å²) in [4.78, 5) is 26.4. The molecule has 1 aliphatic rings. The van der Waals surface area contributed by atoms with Crippen molar-refractivity contribution in [3.8, 4) is 11.3 Å². The van der Waals surface area contributed by atoms with Crippen molar-refractivity contribution in [3.63, 3.8) is 0 Å². The lowest BCUT2D eigenvalue weighted by Crippen LogP contribution is -2.36. The molecule has 0 fully saturated rings. The summed E-state index contributed by atoms with van der Waals surface area (Å²) in [6, 6.07) is 8.32. The molecule has 0 bridgehead atoms. The Labute approximate surface area is 176 Å². The maximum Gasteiger partial charge on any atom is 0.254 e. The van der Waals surface area contributed by atoms with Gasteiger partial charge in [-0.15, -0.1) is 0 Å². The van der Waals surface area contributed by atoms with E-state index in [1.807, 2.05) is 0 Å². The maximum absolute atomic E-state index is 13.7. The van der Waals surface area contributed by atoms with Crippen LogP contribution in [0.1, 0.15) is 32.0 Å². The quantitative estimate of drug-likeness (QED) is 0.652. The molecule has 0 spiro atoms. The van der Waals surface area contributed by atoms with Crippen LogP contribution in [0.2, 0.25) is 0 Å². The van der Waals surface area contributed by atoms with E-state index in [-0.39, 0.29) is 23.9 Å². The predicted molar refractivity (Wildman–Crippen MR) is 107 cm³/mol. The molecule has 9 heteroatoms. The molecule has 160 valence electrons. The van der Waals surface area contributed by atoms with Gasteiger partial charge < -0.3 is 10.2 Å². The summed E-state index contributed by atoms with van der Waals surface area (Å²) in [7, 11) is 3.15. The first-order chi connectivity index (χ1) is 14.8. The lowest BCUT2D eigenvalue weighted by molar-refractivity contribution is 0.0732. The van der Waals surface area contributed by atoms with Crippen LogP contribution in [0.5, 0.6) is 0 Å². The number of fused-ring (bicyclic) bond motifs is 1. The van der Waals surface area contributed by atoms with E-state index >= 15 is 0 Å². The third-order valence-corrected chi connectivity index (χ3v) is 5.34. The van der Waals surface area contributed by atoms with Gasteiger partial charge in [0.15, 0.2) is 17.5 Å². The molecule has 1 N–H and O–H groups in total. The second kappa shape index (κ2) is 7.90. The molecule has 0 atom stereocenters. The summed E-state index contributed by atoms with van der Waals surface area (Å²) < 4.78 is 42.3. The van der Waals surface area contributed by atoms with Gasteiger partial charge in [-0.05, 0) is 36.8 Å². The standard InChI is InChI=1S/C22H19F3N4O2/c1-26-21(30)12-4-3-5-13(8-12)22(31)29-7-6-15-18(11-29)27-28(2)20(15)14-9-16(23)19(25)17(24)10-14/h3-5,8-10H,6-7,11H2,1-2H3,(H,26,30). The van der Waals surface area contributed by atoms with Crippen molar-refractivity contribution in [3.05, 3.63) is 76.2 Å². The number of aromatic nitrogens is 2. The molecule has 31 heavy (non-hydrogen) atoms. The molecular weight excluding hydrogens is 409 g/mol. The van der Waals surface area contributed by atoms with Gasteiger partial charge in [-0.2, -0.15) is 5.10 Å². The number of benzene rings is 2. The average molecular weight is 428 g/mol.